The predicted octanol–water partition coefficient (Wildman–Crippen LogP) is 5.44. The number of carbonyl (C=O) groups excluding carboxylic acids is 2. The van der Waals surface area contributed by atoms with Crippen molar-refractivity contribution in [2.75, 3.05) is 23.3 Å². The van der Waals surface area contributed by atoms with E-state index in [2.05, 4.69) is 40.7 Å². The van der Waals surface area contributed by atoms with Crippen LogP contribution >= 0.6 is 0 Å². The summed E-state index contributed by atoms with van der Waals surface area (Å²) in [5.74, 6) is 1.77. The summed E-state index contributed by atoms with van der Waals surface area (Å²) >= 11 is 0. The molecule has 7 heteroatoms. The highest BCUT2D eigenvalue weighted by atomic mass is 16.5. The highest BCUT2D eigenvalue weighted by Crippen LogP contribution is 2.36. The monoisotopic (exact) mass is 501 g/mol. The molecule has 2 amide bonds. The Morgan fingerprint density at radius 2 is 1.84 bits per heavy atom. The number of piperidine rings is 1. The summed E-state index contributed by atoms with van der Waals surface area (Å²) in [5.41, 5.74) is 3.83. The molecule has 2 aromatic carbocycles. The molecule has 0 spiro atoms. The maximum Gasteiger partial charge on any atom is 0.268 e. The molecule has 1 aromatic heterocycles. The van der Waals surface area contributed by atoms with E-state index in [1.165, 1.54) is 24.8 Å². The predicted molar refractivity (Wildman–Crippen MR) is 144 cm³/mol. The van der Waals surface area contributed by atoms with Crippen molar-refractivity contribution in [1.29, 1.82) is 0 Å². The van der Waals surface area contributed by atoms with Gasteiger partial charge in [0.1, 0.15) is 23.3 Å². The Morgan fingerprint density at radius 1 is 1.05 bits per heavy atom. The van der Waals surface area contributed by atoms with Crippen molar-refractivity contribution in [3.05, 3.63) is 76.7 Å². The highest BCUT2D eigenvalue weighted by Gasteiger charge is 2.35. The van der Waals surface area contributed by atoms with Gasteiger partial charge in [0.2, 0.25) is 5.91 Å². The van der Waals surface area contributed by atoms with E-state index in [9.17, 15) is 9.59 Å². The van der Waals surface area contributed by atoms with Gasteiger partial charge in [-0.25, -0.2) is 0 Å². The Labute approximate surface area is 218 Å². The highest BCUT2D eigenvalue weighted by molar-refractivity contribution is 6.00. The van der Waals surface area contributed by atoms with E-state index < -0.39 is 11.6 Å². The standard InChI is InChI=1S/C30H35N3O4/c1-19-8-11-22(24(16-19)33-14-6-5-7-15-33)28(25-13-9-20(2)36-25)32-27(34)18-21-10-12-23-26(17-21)37-30(3,4)29(35)31-23/h8-13,16-17,28H,5-7,14-15,18H2,1-4H3,(H,31,35)(H,32,34). The number of furan rings is 1. The van der Waals surface area contributed by atoms with Crippen molar-refractivity contribution in [2.24, 2.45) is 0 Å². The lowest BCUT2D eigenvalue weighted by Crippen LogP contribution is -2.45. The van der Waals surface area contributed by atoms with Crippen LogP contribution in [0.3, 0.4) is 0 Å². The third kappa shape index (κ3) is 5.36. The van der Waals surface area contributed by atoms with E-state index in [1.54, 1.807) is 19.9 Å². The van der Waals surface area contributed by atoms with Crippen molar-refractivity contribution in [3.8, 4) is 5.75 Å². The number of hydrogen-bond acceptors (Lipinski definition) is 5. The molecule has 1 atom stereocenters. The summed E-state index contributed by atoms with van der Waals surface area (Å²) in [4.78, 5) is 28.0. The quantitative estimate of drug-likeness (QED) is 0.470. The fourth-order valence-electron chi connectivity index (χ4n) is 5.07. The van der Waals surface area contributed by atoms with E-state index in [0.717, 1.165) is 35.7 Å². The van der Waals surface area contributed by atoms with Gasteiger partial charge in [0.25, 0.3) is 5.91 Å². The van der Waals surface area contributed by atoms with Gasteiger partial charge in [-0.3, -0.25) is 9.59 Å². The summed E-state index contributed by atoms with van der Waals surface area (Å²) in [5, 5.41) is 6.11. The number of benzene rings is 2. The van der Waals surface area contributed by atoms with Gasteiger partial charge in [-0.15, -0.1) is 0 Å². The molecule has 2 N–H and O–H groups in total. The van der Waals surface area contributed by atoms with E-state index in [4.69, 9.17) is 9.15 Å². The summed E-state index contributed by atoms with van der Waals surface area (Å²) < 4.78 is 11.9. The number of anilines is 2. The molecule has 2 aliphatic heterocycles. The number of fused-ring (bicyclic) bond motifs is 1. The largest absolute Gasteiger partial charge is 0.476 e. The molecular formula is C30H35N3O4. The summed E-state index contributed by atoms with van der Waals surface area (Å²) in [7, 11) is 0. The first kappa shape index (κ1) is 24.9. The van der Waals surface area contributed by atoms with Crippen LogP contribution in [0.25, 0.3) is 0 Å². The minimum Gasteiger partial charge on any atom is -0.476 e. The van der Waals surface area contributed by atoms with Gasteiger partial charge in [0.15, 0.2) is 5.60 Å². The molecule has 3 heterocycles. The number of carbonyl (C=O) groups is 2. The Kier molecular flexibility index (Phi) is 6.71. The van der Waals surface area contributed by atoms with Crippen LogP contribution in [0.5, 0.6) is 5.75 Å². The fourth-order valence-corrected chi connectivity index (χ4v) is 5.07. The summed E-state index contributed by atoms with van der Waals surface area (Å²) in [6, 6.07) is 15.3. The van der Waals surface area contributed by atoms with Crippen LogP contribution in [0.2, 0.25) is 0 Å². The van der Waals surface area contributed by atoms with Crippen molar-refractivity contribution in [3.63, 3.8) is 0 Å². The van der Waals surface area contributed by atoms with Gasteiger partial charge in [-0.05, 0) is 88.4 Å². The maximum absolute atomic E-state index is 13.4. The molecule has 1 unspecified atom stereocenters. The molecule has 2 aliphatic rings. The number of ether oxygens (including phenoxy) is 1. The number of nitrogens with one attached hydrogen (secondary N) is 2. The van der Waals surface area contributed by atoms with Gasteiger partial charge in [-0.1, -0.05) is 18.2 Å². The van der Waals surface area contributed by atoms with Gasteiger partial charge < -0.3 is 24.7 Å². The zero-order chi connectivity index (χ0) is 26.2. The summed E-state index contributed by atoms with van der Waals surface area (Å²) in [6.07, 6.45) is 3.76. The first-order valence-corrected chi connectivity index (χ1v) is 13.0. The third-order valence-corrected chi connectivity index (χ3v) is 7.12. The zero-order valence-corrected chi connectivity index (χ0v) is 22.0. The number of amides is 2. The maximum atomic E-state index is 13.4. The Balaban J connectivity index is 1.42. The van der Waals surface area contributed by atoms with Gasteiger partial charge in [-0.2, -0.15) is 0 Å². The van der Waals surface area contributed by atoms with E-state index in [-0.39, 0.29) is 18.2 Å². The SMILES string of the molecule is Cc1ccc(C(NC(=O)Cc2ccc3c(c2)OC(C)(C)C(=O)N3)c2ccc(C)o2)c(N2CCCCC2)c1. The third-order valence-electron chi connectivity index (χ3n) is 7.12. The number of aryl methyl sites for hydroxylation is 2. The van der Waals surface area contributed by atoms with Crippen LogP contribution in [-0.4, -0.2) is 30.5 Å². The zero-order valence-electron chi connectivity index (χ0n) is 22.0. The van der Waals surface area contributed by atoms with Gasteiger partial charge in [0, 0.05) is 24.3 Å². The Morgan fingerprint density at radius 3 is 2.57 bits per heavy atom. The lowest BCUT2D eigenvalue weighted by Gasteiger charge is -2.33. The fraction of sp³-hybridized carbons (Fsp3) is 0.400. The molecule has 1 fully saturated rings. The van der Waals surface area contributed by atoms with Crippen molar-refractivity contribution in [1.82, 2.24) is 5.32 Å². The van der Waals surface area contributed by atoms with Crippen LogP contribution < -0.4 is 20.3 Å². The molecule has 1 saturated heterocycles. The van der Waals surface area contributed by atoms with E-state index in [1.807, 2.05) is 31.2 Å². The first-order chi connectivity index (χ1) is 17.7. The molecule has 3 aromatic rings. The average molecular weight is 502 g/mol. The van der Waals surface area contributed by atoms with Gasteiger partial charge in [0.05, 0.1) is 12.1 Å². The van der Waals surface area contributed by atoms with Crippen LogP contribution in [0.15, 0.2) is 52.9 Å². The molecule has 194 valence electrons. The second-order valence-electron chi connectivity index (χ2n) is 10.6. The lowest BCUT2D eigenvalue weighted by molar-refractivity contribution is -0.129. The smallest absolute Gasteiger partial charge is 0.268 e. The summed E-state index contributed by atoms with van der Waals surface area (Å²) in [6.45, 7) is 9.48. The van der Waals surface area contributed by atoms with E-state index >= 15 is 0 Å². The van der Waals surface area contributed by atoms with Crippen LogP contribution in [0, 0.1) is 13.8 Å². The first-order valence-electron chi connectivity index (χ1n) is 13.0. The van der Waals surface area contributed by atoms with Crippen molar-refractivity contribution in [2.45, 2.75) is 65.0 Å². The molecule has 5 rings (SSSR count). The molecule has 0 saturated carbocycles. The van der Waals surface area contributed by atoms with Crippen LogP contribution in [-0.2, 0) is 16.0 Å². The van der Waals surface area contributed by atoms with E-state index in [0.29, 0.717) is 17.2 Å². The number of hydrogen-bond donors (Lipinski definition) is 2. The topological polar surface area (TPSA) is 83.8 Å². The second kappa shape index (κ2) is 9.96. The normalized spacial score (nSPS) is 17.4. The second-order valence-corrected chi connectivity index (χ2v) is 10.6. The van der Waals surface area contributed by atoms with Crippen molar-refractivity contribution >= 4 is 23.2 Å². The van der Waals surface area contributed by atoms with Crippen LogP contribution in [0.4, 0.5) is 11.4 Å². The molecule has 7 nitrogen and oxygen atoms in total. The minimum atomic E-state index is -0.966. The minimum absolute atomic E-state index is 0.122. The molecule has 0 bridgehead atoms. The van der Waals surface area contributed by atoms with Crippen molar-refractivity contribution < 1.29 is 18.7 Å². The molecule has 0 aliphatic carbocycles. The molecule has 37 heavy (non-hydrogen) atoms. The average Bonchev–Trinajstić information content (AvgIpc) is 3.30. The van der Waals surface area contributed by atoms with Crippen LogP contribution in [0.1, 0.15) is 67.4 Å². The number of rotatable bonds is 6. The van der Waals surface area contributed by atoms with Gasteiger partial charge >= 0.3 is 0 Å². The Hall–Kier alpha value is -3.74. The Bertz CT molecular complexity index is 1320. The molecule has 0 radical (unpaired) electrons. The lowest BCUT2D eigenvalue weighted by atomic mass is 9.97. The number of nitrogens with zero attached hydrogens (tertiary/aromatic N) is 1. The molecular weight excluding hydrogens is 466 g/mol.